The van der Waals surface area contributed by atoms with Crippen molar-refractivity contribution in [2.24, 2.45) is 5.92 Å². The summed E-state index contributed by atoms with van der Waals surface area (Å²) in [5.74, 6) is 0.0292. The largest absolute Gasteiger partial charge is 0.396 e. The fourth-order valence-electron chi connectivity index (χ4n) is 1.59. The maximum Gasteiger partial charge on any atom is 0.350 e. The van der Waals surface area contributed by atoms with Crippen molar-refractivity contribution in [2.75, 3.05) is 71.7 Å². The Morgan fingerprint density at radius 2 is 1.07 bits per heavy atom. The Morgan fingerprint density at radius 3 is 1.41 bits per heavy atom. The monoisotopic (exact) mass is 688 g/mol. The van der Waals surface area contributed by atoms with Crippen LogP contribution < -0.4 is 0 Å². The number of hydrogen-bond acceptors (Lipinski definition) is 10. The third kappa shape index (κ3) is 60.4. The minimum absolute atomic E-state index is 0.0292. The van der Waals surface area contributed by atoms with Gasteiger partial charge in [-0.1, -0.05) is 20.8 Å². The lowest BCUT2D eigenvalue weighted by molar-refractivity contribution is 0.0650. The van der Waals surface area contributed by atoms with E-state index in [0.29, 0.717) is 26.4 Å². The third-order valence-electron chi connectivity index (χ3n) is 3.59. The van der Waals surface area contributed by atoms with Crippen LogP contribution in [0, 0.1) is 5.92 Å². The normalized spacial score (nSPS) is 14.7. The molecule has 0 aliphatic carbocycles. The Labute approximate surface area is 242 Å². The molecule has 8 N–H and O–H groups in total. The van der Waals surface area contributed by atoms with Crippen molar-refractivity contribution in [3.05, 3.63) is 0 Å². The van der Waals surface area contributed by atoms with Gasteiger partial charge in [0.05, 0.1) is 25.9 Å². The zero-order valence-corrected chi connectivity index (χ0v) is 28.3. The molecule has 3 atom stereocenters. The highest BCUT2D eigenvalue weighted by Crippen LogP contribution is 2.35. The van der Waals surface area contributed by atoms with Gasteiger partial charge in [-0.05, 0) is 26.7 Å². The second-order valence-electron chi connectivity index (χ2n) is 8.62. The van der Waals surface area contributed by atoms with Gasteiger partial charge in [0.1, 0.15) is 25.4 Å². The lowest BCUT2D eigenvalue weighted by atomic mass is 10.2. The highest BCUT2D eigenvalue weighted by atomic mass is 31.2. The van der Waals surface area contributed by atoms with Crippen molar-refractivity contribution in [1.82, 2.24) is 0 Å². The molecule has 0 fully saturated rings. The van der Waals surface area contributed by atoms with Crippen molar-refractivity contribution >= 4 is 30.2 Å². The van der Waals surface area contributed by atoms with E-state index in [1.54, 1.807) is 13.8 Å². The molecule has 254 valence electrons. The van der Waals surface area contributed by atoms with E-state index in [1.165, 1.54) is 6.66 Å². The Bertz CT molecular complexity index is 761. The molecule has 0 radical (unpaired) electrons. The first-order valence-electron chi connectivity index (χ1n) is 12.5. The van der Waals surface area contributed by atoms with Crippen molar-refractivity contribution in [3.63, 3.8) is 0 Å². The van der Waals surface area contributed by atoms with Gasteiger partial charge in [0.25, 0.3) is 0 Å². The van der Waals surface area contributed by atoms with Crippen molar-refractivity contribution < 1.29 is 81.3 Å². The summed E-state index contributed by atoms with van der Waals surface area (Å²) in [5.41, 5.74) is 0. The van der Waals surface area contributed by atoms with Gasteiger partial charge in [0.2, 0.25) is 7.37 Å². The molecule has 0 aromatic rings. The van der Waals surface area contributed by atoms with Gasteiger partial charge in [0, 0.05) is 32.4 Å². The van der Waals surface area contributed by atoms with Crippen LogP contribution in [0.3, 0.4) is 0 Å². The number of aliphatic hydroxyl groups is 1. The average molecular weight is 689 g/mol. The van der Waals surface area contributed by atoms with Crippen molar-refractivity contribution in [3.8, 4) is 0 Å². The van der Waals surface area contributed by atoms with Gasteiger partial charge < -0.3 is 63.0 Å². The summed E-state index contributed by atoms with van der Waals surface area (Å²) in [4.78, 5) is 58.6. The molecule has 0 aliphatic heterocycles. The van der Waals surface area contributed by atoms with Crippen LogP contribution in [0.2, 0.25) is 0 Å². The minimum Gasteiger partial charge on any atom is -0.396 e. The predicted octanol–water partition coefficient (Wildman–Crippen LogP) is 2.15. The molecule has 0 amide bonds. The smallest absolute Gasteiger partial charge is 0.350 e. The Hall–Kier alpha value is 0.400. The van der Waals surface area contributed by atoms with E-state index in [2.05, 4.69) is 9.47 Å². The third-order valence-corrected chi connectivity index (χ3v) is 5.78. The molecule has 41 heavy (non-hydrogen) atoms. The fraction of sp³-hybridized carbons (Fsp3) is 1.00. The van der Waals surface area contributed by atoms with Gasteiger partial charge in [0.15, 0.2) is 0 Å². The van der Waals surface area contributed by atoms with E-state index in [1.807, 2.05) is 20.8 Å². The summed E-state index contributed by atoms with van der Waals surface area (Å²) in [6.07, 6.45) is -0.118. The van der Waals surface area contributed by atoms with E-state index in [9.17, 15) is 18.3 Å². The first-order valence-corrected chi connectivity index (χ1v) is 20.2. The summed E-state index contributed by atoms with van der Waals surface area (Å²) in [7, 11) is -14.9. The zero-order chi connectivity index (χ0) is 33.2. The Kier molecular flexibility index (Phi) is 32.9. The number of ether oxygens (including phenoxy) is 5. The second kappa shape index (κ2) is 27.9. The van der Waals surface area contributed by atoms with Crippen LogP contribution in [0.4, 0.5) is 0 Å². The van der Waals surface area contributed by atoms with Gasteiger partial charge in [-0.2, -0.15) is 0 Å². The molecule has 0 rings (SSSR count). The Morgan fingerprint density at radius 1 is 0.634 bits per heavy atom. The molecule has 0 spiro atoms. The number of rotatable bonds is 19. The van der Waals surface area contributed by atoms with Crippen LogP contribution in [0.5, 0.6) is 0 Å². The summed E-state index contributed by atoms with van der Waals surface area (Å²) in [6.45, 7) is 12.4. The highest BCUT2D eigenvalue weighted by Gasteiger charge is 2.14. The number of hydrogen-bond donors (Lipinski definition) is 8. The summed E-state index contributed by atoms with van der Waals surface area (Å²) in [5, 5.41) is 8.55. The van der Waals surface area contributed by atoms with Crippen LogP contribution in [0.15, 0.2) is 0 Å². The maximum atomic E-state index is 10.7. The zero-order valence-electron chi connectivity index (χ0n) is 24.7. The summed E-state index contributed by atoms with van der Waals surface area (Å²) >= 11 is 0. The summed E-state index contributed by atoms with van der Waals surface area (Å²) in [6, 6.07) is 0. The first-order chi connectivity index (χ1) is 18.5. The van der Waals surface area contributed by atoms with E-state index < -0.39 is 49.2 Å². The highest BCUT2D eigenvalue weighted by molar-refractivity contribution is 7.56. The minimum atomic E-state index is -3.99. The molecule has 0 saturated carbocycles. The van der Waals surface area contributed by atoms with Crippen LogP contribution in [-0.2, 0) is 41.9 Å². The molecule has 0 heterocycles. The van der Waals surface area contributed by atoms with Gasteiger partial charge in [-0.15, -0.1) is 0 Å². The van der Waals surface area contributed by atoms with Gasteiger partial charge in [-0.25, -0.2) is 0 Å². The molecule has 0 aromatic heterocycles. The fourth-order valence-corrected chi connectivity index (χ4v) is 3.22. The molecular formula is C20H52O17P4. The van der Waals surface area contributed by atoms with Crippen LogP contribution in [0.1, 0.15) is 47.5 Å². The van der Waals surface area contributed by atoms with E-state index >= 15 is 0 Å². The SMILES string of the molecule is CC(CO)COCP(C)(=O)O.CCCOCP(=O)(O)O.CCOCCOCP(=O)(O)O.CC[C@H](C)OCP(=O)(O)O. The van der Waals surface area contributed by atoms with E-state index in [0.717, 1.165) is 12.8 Å². The van der Waals surface area contributed by atoms with Crippen LogP contribution >= 0.6 is 30.2 Å². The quantitative estimate of drug-likeness (QED) is 0.0713. The lowest BCUT2D eigenvalue weighted by Gasteiger charge is -2.10. The molecule has 0 aromatic carbocycles. The lowest BCUT2D eigenvalue weighted by Crippen LogP contribution is -2.10. The van der Waals surface area contributed by atoms with Crippen molar-refractivity contribution in [2.45, 2.75) is 53.6 Å². The topological polar surface area (TPSA) is 276 Å². The molecule has 21 heteroatoms. The number of aliphatic hydroxyl groups excluding tert-OH is 1. The molecule has 17 nitrogen and oxygen atoms in total. The van der Waals surface area contributed by atoms with E-state index in [4.69, 9.17) is 53.6 Å². The van der Waals surface area contributed by atoms with Crippen LogP contribution in [-0.4, -0.2) is 117 Å². The molecule has 0 aliphatic rings. The summed E-state index contributed by atoms with van der Waals surface area (Å²) < 4.78 is 64.9. The first kappa shape index (κ1) is 48.3. The molecule has 0 saturated heterocycles. The Balaban J connectivity index is -0.000000223. The average Bonchev–Trinajstić information content (AvgIpc) is 2.81. The van der Waals surface area contributed by atoms with Crippen LogP contribution in [0.25, 0.3) is 0 Å². The predicted molar refractivity (Wildman–Crippen MR) is 153 cm³/mol. The second-order valence-corrected chi connectivity index (χ2v) is 15.7. The van der Waals surface area contributed by atoms with Crippen molar-refractivity contribution in [1.29, 1.82) is 0 Å². The van der Waals surface area contributed by atoms with Gasteiger partial charge >= 0.3 is 22.8 Å². The standard InChI is InChI=1S/C6H15O4P.C5H13O5P.C5H13O4P.C4H11O4P/c1-6(3-7)4-10-5-11(2,8)9;1-2-9-3-4-10-5-11(6,7)8;1-3-5(2)9-4-10(6,7)8;1-2-3-8-4-9(5,6)7/h6-7H,3-5H2,1-2H3,(H,8,9);2-5H2,1H3,(H2,6,7,8);5H,3-4H2,1-2H3,(H2,6,7,8);2-4H2,1H3,(H2,5,6,7)/t;;5-;/m..0./s1. The molecule has 2 unspecified atom stereocenters. The maximum absolute atomic E-state index is 10.7. The van der Waals surface area contributed by atoms with E-state index in [-0.39, 0.29) is 31.6 Å². The molecular weight excluding hydrogens is 636 g/mol. The molecule has 0 bridgehead atoms. The van der Waals surface area contributed by atoms with Gasteiger partial charge in [-0.3, -0.25) is 18.3 Å².